The smallest absolute Gasteiger partial charge is 0.267 e. The van der Waals surface area contributed by atoms with E-state index in [0.29, 0.717) is 23.8 Å². The van der Waals surface area contributed by atoms with Crippen LogP contribution in [0, 0.1) is 5.92 Å². The highest BCUT2D eigenvalue weighted by molar-refractivity contribution is 5.93. The summed E-state index contributed by atoms with van der Waals surface area (Å²) in [5, 5.41) is 2.97. The summed E-state index contributed by atoms with van der Waals surface area (Å²) in [5.74, 6) is 0.553. The summed E-state index contributed by atoms with van der Waals surface area (Å²) in [6, 6.07) is 1.74. The molecule has 0 saturated carbocycles. The zero-order valence-corrected chi connectivity index (χ0v) is 11.5. The Morgan fingerprint density at radius 1 is 1.63 bits per heavy atom. The second-order valence-corrected chi connectivity index (χ2v) is 5.13. The average Bonchev–Trinajstić information content (AvgIpc) is 2.99. The average molecular weight is 265 g/mol. The summed E-state index contributed by atoms with van der Waals surface area (Å²) in [5.41, 5.74) is 7.05. The maximum Gasteiger partial charge on any atom is 0.267 e. The third-order valence-electron chi connectivity index (χ3n) is 3.48. The fourth-order valence-corrected chi connectivity index (χ4v) is 2.44. The van der Waals surface area contributed by atoms with Gasteiger partial charge in [0.05, 0.1) is 5.69 Å². The van der Waals surface area contributed by atoms with Gasteiger partial charge < -0.3 is 20.4 Å². The lowest BCUT2D eigenvalue weighted by atomic mass is 10.1. The van der Waals surface area contributed by atoms with Crippen LogP contribution >= 0.6 is 0 Å². The Morgan fingerprint density at radius 3 is 3.16 bits per heavy atom. The molecular formula is C14H23N3O2. The second-order valence-electron chi connectivity index (χ2n) is 5.13. The highest BCUT2D eigenvalue weighted by Gasteiger charge is 2.16. The number of hydrogen-bond acceptors (Lipinski definition) is 3. The molecule has 1 amide bonds. The number of hydrogen-bond donors (Lipinski definition) is 2. The summed E-state index contributed by atoms with van der Waals surface area (Å²) in [4.78, 5) is 12.1. The van der Waals surface area contributed by atoms with Crippen LogP contribution in [0.25, 0.3) is 0 Å². The van der Waals surface area contributed by atoms with E-state index in [4.69, 9.17) is 10.5 Å². The lowest BCUT2D eigenvalue weighted by Gasteiger charge is -2.10. The topological polar surface area (TPSA) is 69.3 Å². The van der Waals surface area contributed by atoms with Crippen molar-refractivity contribution < 1.29 is 9.53 Å². The van der Waals surface area contributed by atoms with Crippen LogP contribution in [0.5, 0.6) is 0 Å². The van der Waals surface area contributed by atoms with Gasteiger partial charge in [-0.2, -0.15) is 0 Å². The molecule has 0 aliphatic carbocycles. The van der Waals surface area contributed by atoms with Gasteiger partial charge in [0.1, 0.15) is 5.69 Å². The molecule has 5 heteroatoms. The van der Waals surface area contributed by atoms with Gasteiger partial charge in [0, 0.05) is 32.5 Å². The van der Waals surface area contributed by atoms with Crippen LogP contribution in [-0.2, 0) is 11.3 Å². The van der Waals surface area contributed by atoms with Crippen molar-refractivity contribution >= 4 is 11.6 Å². The van der Waals surface area contributed by atoms with E-state index >= 15 is 0 Å². The Bertz CT molecular complexity index is 422. The van der Waals surface area contributed by atoms with Gasteiger partial charge in [-0.3, -0.25) is 4.79 Å². The van der Waals surface area contributed by atoms with Gasteiger partial charge in [0.15, 0.2) is 0 Å². The number of aromatic nitrogens is 1. The van der Waals surface area contributed by atoms with E-state index in [2.05, 4.69) is 12.2 Å². The van der Waals surface area contributed by atoms with Crippen LogP contribution in [0.4, 0.5) is 5.69 Å². The van der Waals surface area contributed by atoms with Crippen LogP contribution in [0.2, 0.25) is 0 Å². The standard InChI is InChI=1S/C14H23N3O2/c1-2-6-17-9-12(15)8-13(17)14(18)16-5-3-11-4-7-19-10-11/h8-9,11H,2-7,10,15H2,1H3,(H,16,18). The lowest BCUT2D eigenvalue weighted by molar-refractivity contribution is 0.0941. The number of aryl methyl sites for hydroxylation is 1. The summed E-state index contributed by atoms with van der Waals surface area (Å²) in [6.45, 7) is 5.28. The van der Waals surface area contributed by atoms with Crippen molar-refractivity contribution in [3.05, 3.63) is 18.0 Å². The number of amides is 1. The Morgan fingerprint density at radius 2 is 2.47 bits per heavy atom. The molecule has 1 atom stereocenters. The van der Waals surface area contributed by atoms with Gasteiger partial charge in [-0.25, -0.2) is 0 Å². The molecule has 106 valence electrons. The van der Waals surface area contributed by atoms with Crippen LogP contribution in [0.1, 0.15) is 36.7 Å². The number of carbonyl (C=O) groups excluding carboxylic acids is 1. The van der Waals surface area contributed by atoms with Gasteiger partial charge in [-0.1, -0.05) is 6.92 Å². The first kappa shape index (κ1) is 13.9. The van der Waals surface area contributed by atoms with Crippen molar-refractivity contribution in [2.24, 2.45) is 5.92 Å². The fraction of sp³-hybridized carbons (Fsp3) is 0.643. The SMILES string of the molecule is CCCn1cc(N)cc1C(=O)NCCC1CCOC1. The normalized spacial score (nSPS) is 18.7. The Labute approximate surface area is 114 Å². The number of rotatable bonds is 6. The Kier molecular flexibility index (Phi) is 4.85. The van der Waals surface area contributed by atoms with Crippen molar-refractivity contribution in [1.29, 1.82) is 0 Å². The van der Waals surface area contributed by atoms with Crippen molar-refractivity contribution in [3.8, 4) is 0 Å². The molecule has 0 aromatic carbocycles. The van der Waals surface area contributed by atoms with E-state index in [1.54, 1.807) is 6.07 Å². The number of nitrogens with one attached hydrogen (secondary N) is 1. The molecule has 5 nitrogen and oxygen atoms in total. The third kappa shape index (κ3) is 3.73. The van der Waals surface area contributed by atoms with E-state index in [1.807, 2.05) is 10.8 Å². The summed E-state index contributed by atoms with van der Waals surface area (Å²) in [6.07, 6.45) is 4.89. The summed E-state index contributed by atoms with van der Waals surface area (Å²) < 4.78 is 7.24. The monoisotopic (exact) mass is 265 g/mol. The van der Waals surface area contributed by atoms with Crippen LogP contribution < -0.4 is 11.1 Å². The zero-order chi connectivity index (χ0) is 13.7. The highest BCUT2D eigenvalue weighted by Crippen LogP contribution is 2.15. The maximum atomic E-state index is 12.1. The van der Waals surface area contributed by atoms with Crippen LogP contribution in [-0.4, -0.2) is 30.2 Å². The highest BCUT2D eigenvalue weighted by atomic mass is 16.5. The Hall–Kier alpha value is -1.49. The van der Waals surface area contributed by atoms with E-state index in [9.17, 15) is 4.79 Å². The van der Waals surface area contributed by atoms with E-state index in [-0.39, 0.29) is 5.91 Å². The molecule has 0 bridgehead atoms. The molecule has 0 radical (unpaired) electrons. The quantitative estimate of drug-likeness (QED) is 0.821. The fourth-order valence-electron chi connectivity index (χ4n) is 2.44. The molecule has 2 rings (SSSR count). The van der Waals surface area contributed by atoms with Crippen LogP contribution in [0.15, 0.2) is 12.3 Å². The molecule has 1 aromatic heterocycles. The van der Waals surface area contributed by atoms with Gasteiger partial charge in [0.2, 0.25) is 0 Å². The van der Waals surface area contributed by atoms with Gasteiger partial charge >= 0.3 is 0 Å². The molecular weight excluding hydrogens is 242 g/mol. The molecule has 1 saturated heterocycles. The number of anilines is 1. The number of nitrogen functional groups attached to an aromatic ring is 1. The molecule has 1 aromatic rings. The first-order valence-electron chi connectivity index (χ1n) is 7.02. The van der Waals surface area contributed by atoms with Crippen molar-refractivity contribution in [3.63, 3.8) is 0 Å². The second kappa shape index (κ2) is 6.61. The van der Waals surface area contributed by atoms with Crippen molar-refractivity contribution in [2.75, 3.05) is 25.5 Å². The van der Waals surface area contributed by atoms with Gasteiger partial charge in [-0.05, 0) is 31.2 Å². The maximum absolute atomic E-state index is 12.1. The predicted octanol–water partition coefficient (Wildman–Crippen LogP) is 1.64. The third-order valence-corrected chi connectivity index (χ3v) is 3.48. The molecule has 1 aliphatic rings. The molecule has 3 N–H and O–H groups in total. The summed E-state index contributed by atoms with van der Waals surface area (Å²) >= 11 is 0. The lowest BCUT2D eigenvalue weighted by Crippen LogP contribution is -2.28. The van der Waals surface area contributed by atoms with E-state index in [1.165, 1.54) is 0 Å². The number of ether oxygens (including phenoxy) is 1. The largest absolute Gasteiger partial charge is 0.397 e. The van der Waals surface area contributed by atoms with E-state index in [0.717, 1.165) is 39.0 Å². The zero-order valence-electron chi connectivity index (χ0n) is 11.5. The van der Waals surface area contributed by atoms with Gasteiger partial charge in [-0.15, -0.1) is 0 Å². The molecule has 19 heavy (non-hydrogen) atoms. The minimum absolute atomic E-state index is 0.0379. The summed E-state index contributed by atoms with van der Waals surface area (Å²) in [7, 11) is 0. The molecule has 1 aliphatic heterocycles. The number of carbonyl (C=O) groups is 1. The minimum atomic E-state index is -0.0379. The number of nitrogens with two attached hydrogens (primary N) is 1. The van der Waals surface area contributed by atoms with Gasteiger partial charge in [0.25, 0.3) is 5.91 Å². The number of nitrogens with zero attached hydrogens (tertiary/aromatic N) is 1. The molecule has 0 spiro atoms. The first-order chi connectivity index (χ1) is 9.20. The van der Waals surface area contributed by atoms with Crippen molar-refractivity contribution in [1.82, 2.24) is 9.88 Å². The predicted molar refractivity (Wildman–Crippen MR) is 75.0 cm³/mol. The first-order valence-corrected chi connectivity index (χ1v) is 7.02. The van der Waals surface area contributed by atoms with Crippen molar-refractivity contribution in [2.45, 2.75) is 32.7 Å². The van der Waals surface area contributed by atoms with Crippen LogP contribution in [0.3, 0.4) is 0 Å². The minimum Gasteiger partial charge on any atom is -0.397 e. The molecule has 1 unspecified atom stereocenters. The van der Waals surface area contributed by atoms with E-state index < -0.39 is 0 Å². The Balaban J connectivity index is 1.84. The molecule has 2 heterocycles. The molecule has 1 fully saturated rings.